The van der Waals surface area contributed by atoms with Crippen molar-refractivity contribution >= 4 is 12.0 Å². The molecule has 3 heteroatoms. The second-order valence-corrected chi connectivity index (χ2v) is 4.28. The molecule has 0 fully saturated rings. The average molecular weight is 233 g/mol. The van der Waals surface area contributed by atoms with E-state index in [9.17, 15) is 4.79 Å². The second-order valence-electron chi connectivity index (χ2n) is 4.28. The Balaban J connectivity index is 2.41. The van der Waals surface area contributed by atoms with E-state index in [0.717, 1.165) is 5.56 Å². The van der Waals surface area contributed by atoms with E-state index in [0.29, 0.717) is 6.54 Å². The van der Waals surface area contributed by atoms with Crippen LogP contribution in [0.25, 0.3) is 6.08 Å². The lowest BCUT2D eigenvalue weighted by Gasteiger charge is -2.16. The van der Waals surface area contributed by atoms with Gasteiger partial charge in [-0.15, -0.1) is 0 Å². The third-order valence-corrected chi connectivity index (χ3v) is 2.50. The van der Waals surface area contributed by atoms with E-state index in [1.807, 2.05) is 56.3 Å². The minimum absolute atomic E-state index is 0.0811. The van der Waals surface area contributed by atoms with E-state index < -0.39 is 12.0 Å². The molecule has 1 aromatic carbocycles. The van der Waals surface area contributed by atoms with Crippen LogP contribution in [0.3, 0.4) is 0 Å². The number of carboxylic acids is 1. The maximum absolute atomic E-state index is 10.9. The summed E-state index contributed by atoms with van der Waals surface area (Å²) >= 11 is 0. The maximum Gasteiger partial charge on any atom is 0.320 e. The quantitative estimate of drug-likeness (QED) is 0.793. The molecule has 92 valence electrons. The number of rotatable bonds is 6. The van der Waals surface area contributed by atoms with Gasteiger partial charge in [-0.3, -0.25) is 4.79 Å². The van der Waals surface area contributed by atoms with Gasteiger partial charge in [0.15, 0.2) is 0 Å². The third kappa shape index (κ3) is 4.83. The van der Waals surface area contributed by atoms with Crippen molar-refractivity contribution in [1.29, 1.82) is 0 Å². The summed E-state index contributed by atoms with van der Waals surface area (Å²) in [5.41, 5.74) is 1.12. The molecule has 2 N–H and O–H groups in total. The van der Waals surface area contributed by atoms with E-state index in [-0.39, 0.29) is 5.92 Å². The van der Waals surface area contributed by atoms with Gasteiger partial charge >= 0.3 is 5.97 Å². The first-order valence-electron chi connectivity index (χ1n) is 5.79. The molecule has 0 heterocycles. The number of carbonyl (C=O) groups is 1. The molecule has 0 bridgehead atoms. The van der Waals surface area contributed by atoms with Gasteiger partial charge in [-0.25, -0.2) is 0 Å². The maximum atomic E-state index is 10.9. The fourth-order valence-corrected chi connectivity index (χ4v) is 1.56. The third-order valence-electron chi connectivity index (χ3n) is 2.50. The van der Waals surface area contributed by atoms with Crippen LogP contribution in [0.15, 0.2) is 36.4 Å². The van der Waals surface area contributed by atoms with Gasteiger partial charge in [-0.1, -0.05) is 56.3 Å². The minimum Gasteiger partial charge on any atom is -0.480 e. The summed E-state index contributed by atoms with van der Waals surface area (Å²) in [5, 5.41) is 12.0. The highest BCUT2D eigenvalue weighted by atomic mass is 16.4. The molecule has 0 amide bonds. The van der Waals surface area contributed by atoms with Crippen molar-refractivity contribution in [3.63, 3.8) is 0 Å². The van der Waals surface area contributed by atoms with Crippen molar-refractivity contribution in [3.05, 3.63) is 42.0 Å². The van der Waals surface area contributed by atoms with Gasteiger partial charge in [0.25, 0.3) is 0 Å². The van der Waals surface area contributed by atoms with Crippen LogP contribution in [0.2, 0.25) is 0 Å². The molecule has 0 aromatic heterocycles. The molecule has 0 radical (unpaired) electrons. The minimum atomic E-state index is -0.798. The summed E-state index contributed by atoms with van der Waals surface area (Å²) in [4.78, 5) is 10.9. The second kappa shape index (κ2) is 6.86. The normalized spacial score (nSPS) is 13.1. The van der Waals surface area contributed by atoms with E-state index in [1.54, 1.807) is 0 Å². The van der Waals surface area contributed by atoms with Crippen LogP contribution in [0.5, 0.6) is 0 Å². The van der Waals surface area contributed by atoms with Gasteiger partial charge < -0.3 is 10.4 Å². The van der Waals surface area contributed by atoms with Crippen molar-refractivity contribution < 1.29 is 9.90 Å². The summed E-state index contributed by atoms with van der Waals surface area (Å²) < 4.78 is 0. The molecular weight excluding hydrogens is 214 g/mol. The number of hydrogen-bond acceptors (Lipinski definition) is 2. The summed E-state index contributed by atoms with van der Waals surface area (Å²) in [5.74, 6) is -0.717. The van der Waals surface area contributed by atoms with Crippen molar-refractivity contribution in [2.24, 2.45) is 5.92 Å². The predicted molar refractivity (Wildman–Crippen MR) is 69.7 cm³/mol. The molecule has 3 nitrogen and oxygen atoms in total. The highest BCUT2D eigenvalue weighted by molar-refractivity contribution is 5.73. The first-order chi connectivity index (χ1) is 8.11. The van der Waals surface area contributed by atoms with Gasteiger partial charge in [0.2, 0.25) is 0 Å². The zero-order valence-electron chi connectivity index (χ0n) is 10.3. The Bertz CT molecular complexity index is 371. The molecule has 1 atom stereocenters. The smallest absolute Gasteiger partial charge is 0.320 e. The van der Waals surface area contributed by atoms with Crippen molar-refractivity contribution in [2.75, 3.05) is 6.54 Å². The topological polar surface area (TPSA) is 49.3 Å². The van der Waals surface area contributed by atoms with Crippen molar-refractivity contribution in [3.8, 4) is 0 Å². The fraction of sp³-hybridized carbons (Fsp3) is 0.357. The zero-order chi connectivity index (χ0) is 12.7. The fourth-order valence-electron chi connectivity index (χ4n) is 1.56. The molecule has 0 aliphatic carbocycles. The van der Waals surface area contributed by atoms with Crippen LogP contribution in [0.1, 0.15) is 19.4 Å². The largest absolute Gasteiger partial charge is 0.480 e. The molecule has 1 aromatic rings. The van der Waals surface area contributed by atoms with E-state index >= 15 is 0 Å². The molecule has 1 rings (SSSR count). The Morgan fingerprint density at radius 2 is 2.00 bits per heavy atom. The van der Waals surface area contributed by atoms with Crippen LogP contribution < -0.4 is 5.32 Å². The highest BCUT2D eigenvalue weighted by Crippen LogP contribution is 2.02. The number of aliphatic carboxylic acids is 1. The number of hydrogen-bond donors (Lipinski definition) is 2. The molecular formula is C14H19NO2. The van der Waals surface area contributed by atoms with E-state index in [2.05, 4.69) is 5.32 Å². The monoisotopic (exact) mass is 233 g/mol. The SMILES string of the molecule is CC(C)[C@H](NC/C=C/c1ccccc1)C(=O)O. The molecule has 0 saturated carbocycles. The van der Waals surface area contributed by atoms with Crippen LogP contribution in [-0.4, -0.2) is 23.7 Å². The number of carboxylic acid groups (broad SMARTS) is 1. The van der Waals surface area contributed by atoms with Crippen molar-refractivity contribution in [2.45, 2.75) is 19.9 Å². The standard InChI is InChI=1S/C14H19NO2/c1-11(2)13(14(16)17)15-10-6-9-12-7-4-3-5-8-12/h3-9,11,13,15H,10H2,1-2H3,(H,16,17)/b9-6+/t13-/m0/s1. The Morgan fingerprint density at radius 1 is 1.35 bits per heavy atom. The number of benzene rings is 1. The first kappa shape index (κ1) is 13.5. The van der Waals surface area contributed by atoms with E-state index in [4.69, 9.17) is 5.11 Å². The van der Waals surface area contributed by atoms with Crippen LogP contribution in [-0.2, 0) is 4.79 Å². The molecule has 0 spiro atoms. The van der Waals surface area contributed by atoms with Gasteiger partial charge in [-0.05, 0) is 11.5 Å². The summed E-state index contributed by atoms with van der Waals surface area (Å²) in [6, 6.07) is 9.44. The van der Waals surface area contributed by atoms with Gasteiger partial charge in [0, 0.05) is 6.54 Å². The van der Waals surface area contributed by atoms with Crippen LogP contribution in [0, 0.1) is 5.92 Å². The molecule has 0 aliphatic heterocycles. The number of nitrogens with one attached hydrogen (secondary N) is 1. The Hall–Kier alpha value is -1.61. The zero-order valence-corrected chi connectivity index (χ0v) is 10.3. The Morgan fingerprint density at radius 3 is 2.53 bits per heavy atom. The first-order valence-corrected chi connectivity index (χ1v) is 5.79. The predicted octanol–water partition coefficient (Wildman–Crippen LogP) is 2.40. The van der Waals surface area contributed by atoms with Gasteiger partial charge in [0.1, 0.15) is 6.04 Å². The Kier molecular flexibility index (Phi) is 5.43. The lowest BCUT2D eigenvalue weighted by Crippen LogP contribution is -2.40. The van der Waals surface area contributed by atoms with Gasteiger partial charge in [0.05, 0.1) is 0 Å². The molecule has 0 unspecified atom stereocenters. The average Bonchev–Trinajstić information content (AvgIpc) is 2.29. The van der Waals surface area contributed by atoms with Crippen LogP contribution >= 0.6 is 0 Å². The summed E-state index contributed by atoms with van der Waals surface area (Å²) in [6.45, 7) is 4.35. The van der Waals surface area contributed by atoms with Crippen molar-refractivity contribution in [1.82, 2.24) is 5.32 Å². The highest BCUT2D eigenvalue weighted by Gasteiger charge is 2.19. The van der Waals surface area contributed by atoms with Crippen LogP contribution in [0.4, 0.5) is 0 Å². The molecule has 0 saturated heterocycles. The Labute approximate surface area is 102 Å². The summed E-state index contributed by atoms with van der Waals surface area (Å²) in [6.07, 6.45) is 3.92. The van der Waals surface area contributed by atoms with E-state index in [1.165, 1.54) is 0 Å². The lowest BCUT2D eigenvalue weighted by atomic mass is 10.1. The molecule has 17 heavy (non-hydrogen) atoms. The van der Waals surface area contributed by atoms with Gasteiger partial charge in [-0.2, -0.15) is 0 Å². The molecule has 0 aliphatic rings. The summed E-state index contributed by atoms with van der Waals surface area (Å²) in [7, 11) is 0. The lowest BCUT2D eigenvalue weighted by molar-refractivity contribution is -0.140.